The zero-order valence-corrected chi connectivity index (χ0v) is 9.15. The van der Waals surface area contributed by atoms with E-state index in [0.717, 1.165) is 11.2 Å². The van der Waals surface area contributed by atoms with Crippen LogP contribution in [0.3, 0.4) is 0 Å². The second-order valence-corrected chi connectivity index (χ2v) is 3.88. The van der Waals surface area contributed by atoms with Gasteiger partial charge < -0.3 is 14.4 Å². The van der Waals surface area contributed by atoms with Gasteiger partial charge in [0.25, 0.3) is 0 Å². The van der Waals surface area contributed by atoms with Crippen LogP contribution < -0.4 is 0 Å². The van der Waals surface area contributed by atoms with Crippen LogP contribution in [0.4, 0.5) is 0 Å². The smallest absolute Gasteiger partial charge is 0.341 e. The van der Waals surface area contributed by atoms with Crippen LogP contribution in [0.15, 0.2) is 16.1 Å². The molecule has 2 aromatic rings. The molecule has 2 aromatic heterocycles. The second kappa shape index (κ2) is 4.42. The first kappa shape index (κ1) is 10.8. The first-order valence-corrected chi connectivity index (χ1v) is 5.22. The van der Waals surface area contributed by atoms with Crippen LogP contribution in [0.1, 0.15) is 15.4 Å². The van der Waals surface area contributed by atoms with Crippen molar-refractivity contribution in [3.05, 3.63) is 22.1 Å². The summed E-state index contributed by atoms with van der Waals surface area (Å²) < 4.78 is 9.80. The molecule has 2 heterocycles. The molecule has 0 aromatic carbocycles. The quantitative estimate of drug-likeness (QED) is 0.874. The van der Waals surface area contributed by atoms with Gasteiger partial charge >= 0.3 is 5.97 Å². The van der Waals surface area contributed by atoms with Gasteiger partial charge in [0.2, 0.25) is 5.76 Å². The molecule has 0 aliphatic carbocycles. The Kier molecular flexibility index (Phi) is 2.97. The monoisotopic (exact) mass is 240 g/mol. The van der Waals surface area contributed by atoms with Gasteiger partial charge in [-0.2, -0.15) is 0 Å². The molecule has 0 aliphatic heterocycles. The number of hydrogen-bond acceptors (Lipinski definition) is 6. The van der Waals surface area contributed by atoms with Gasteiger partial charge in [0, 0.05) is 12.5 Å². The molecule has 0 saturated carbocycles. The van der Waals surface area contributed by atoms with Crippen molar-refractivity contribution in [1.82, 2.24) is 10.1 Å². The minimum absolute atomic E-state index is 0.00858. The Bertz CT molecular complexity index is 505. The van der Waals surface area contributed by atoms with E-state index in [2.05, 4.69) is 10.1 Å². The number of methoxy groups -OCH3 is 1. The van der Waals surface area contributed by atoms with Crippen LogP contribution in [0.5, 0.6) is 0 Å². The van der Waals surface area contributed by atoms with Gasteiger partial charge in [0.15, 0.2) is 0 Å². The summed E-state index contributed by atoms with van der Waals surface area (Å²) in [4.78, 5) is 15.0. The third-order valence-corrected chi connectivity index (χ3v) is 2.68. The lowest BCUT2D eigenvalue weighted by Crippen LogP contribution is -1.96. The fraction of sp³-hybridized carbons (Fsp3) is 0.222. The van der Waals surface area contributed by atoms with Gasteiger partial charge in [-0.3, -0.25) is 0 Å². The molecule has 6 nitrogen and oxygen atoms in total. The first-order chi connectivity index (χ1) is 7.72. The van der Waals surface area contributed by atoms with E-state index in [1.54, 1.807) is 12.5 Å². The largest absolute Gasteiger partial charge is 0.477 e. The molecule has 2 rings (SSSR count). The van der Waals surface area contributed by atoms with Gasteiger partial charge in [0.1, 0.15) is 16.3 Å². The highest BCUT2D eigenvalue weighted by atomic mass is 32.1. The fourth-order valence-electron chi connectivity index (χ4n) is 1.18. The molecule has 0 unspecified atom stereocenters. The minimum atomic E-state index is -1.09. The highest BCUT2D eigenvalue weighted by molar-refractivity contribution is 7.09. The van der Waals surface area contributed by atoms with Crippen LogP contribution >= 0.6 is 11.3 Å². The number of carboxylic acids is 1. The van der Waals surface area contributed by atoms with Gasteiger partial charge in [-0.15, -0.1) is 11.3 Å². The van der Waals surface area contributed by atoms with E-state index in [9.17, 15) is 4.79 Å². The Balaban J connectivity index is 2.35. The Hall–Kier alpha value is -1.73. The standard InChI is InChI=1S/C9H8N2O4S/c1-14-3-7-11-6(4-16-7)8-5(9(12)13)2-10-15-8/h2,4H,3H2,1H3,(H,12,13). The van der Waals surface area contributed by atoms with Gasteiger partial charge in [-0.1, -0.05) is 5.16 Å². The second-order valence-electron chi connectivity index (χ2n) is 2.93. The van der Waals surface area contributed by atoms with Crippen LogP contribution in [-0.2, 0) is 11.3 Å². The van der Waals surface area contributed by atoms with Gasteiger partial charge in [-0.25, -0.2) is 9.78 Å². The molecule has 0 saturated heterocycles. The molecule has 0 atom stereocenters. The summed E-state index contributed by atoms with van der Waals surface area (Å²) in [6, 6.07) is 0. The molecule has 0 spiro atoms. The Morgan fingerprint density at radius 1 is 1.69 bits per heavy atom. The maximum absolute atomic E-state index is 10.8. The summed E-state index contributed by atoms with van der Waals surface area (Å²) in [6.45, 7) is 0.390. The Morgan fingerprint density at radius 2 is 2.50 bits per heavy atom. The molecule has 0 fully saturated rings. The van der Waals surface area contributed by atoms with Crippen LogP contribution in [0, 0.1) is 0 Å². The third-order valence-electron chi connectivity index (χ3n) is 1.85. The highest BCUT2D eigenvalue weighted by Crippen LogP contribution is 2.25. The molecule has 0 bridgehead atoms. The summed E-state index contributed by atoms with van der Waals surface area (Å²) in [7, 11) is 1.57. The van der Waals surface area contributed by atoms with E-state index in [-0.39, 0.29) is 11.3 Å². The zero-order chi connectivity index (χ0) is 11.5. The maximum Gasteiger partial charge on any atom is 0.341 e. The van der Waals surface area contributed by atoms with Crippen molar-refractivity contribution < 1.29 is 19.2 Å². The highest BCUT2D eigenvalue weighted by Gasteiger charge is 2.19. The molecular weight excluding hydrogens is 232 g/mol. The van der Waals surface area contributed by atoms with Crippen LogP contribution in [-0.4, -0.2) is 28.3 Å². The summed E-state index contributed by atoms with van der Waals surface area (Å²) in [5.41, 5.74) is 0.473. The van der Waals surface area contributed by atoms with E-state index >= 15 is 0 Å². The predicted octanol–water partition coefficient (Wildman–Crippen LogP) is 1.64. The van der Waals surface area contributed by atoms with Crippen molar-refractivity contribution >= 4 is 17.3 Å². The van der Waals surface area contributed by atoms with E-state index in [0.29, 0.717) is 12.3 Å². The molecule has 16 heavy (non-hydrogen) atoms. The average molecular weight is 240 g/mol. The Morgan fingerprint density at radius 3 is 3.19 bits per heavy atom. The van der Waals surface area contributed by atoms with E-state index < -0.39 is 5.97 Å². The Labute approximate surface area is 94.5 Å². The normalized spacial score (nSPS) is 10.6. The number of ether oxygens (including phenoxy) is 1. The van der Waals surface area contributed by atoms with Crippen molar-refractivity contribution in [2.75, 3.05) is 7.11 Å². The topological polar surface area (TPSA) is 85.5 Å². The summed E-state index contributed by atoms with van der Waals surface area (Å²) in [5, 5.41) is 14.8. The van der Waals surface area contributed by atoms with Gasteiger partial charge in [0.05, 0.1) is 12.8 Å². The molecule has 0 amide bonds. The van der Waals surface area contributed by atoms with Crippen molar-refractivity contribution in [1.29, 1.82) is 0 Å². The van der Waals surface area contributed by atoms with E-state index in [1.165, 1.54) is 11.3 Å². The third kappa shape index (κ3) is 1.95. The minimum Gasteiger partial charge on any atom is -0.477 e. The number of carboxylic acid groups (broad SMARTS) is 1. The summed E-state index contributed by atoms with van der Waals surface area (Å²) in [6.07, 6.45) is 1.16. The number of carbonyl (C=O) groups is 1. The molecule has 7 heteroatoms. The lowest BCUT2D eigenvalue weighted by atomic mass is 10.2. The van der Waals surface area contributed by atoms with Crippen LogP contribution in [0.25, 0.3) is 11.5 Å². The number of thiazole rings is 1. The van der Waals surface area contributed by atoms with Gasteiger partial charge in [-0.05, 0) is 0 Å². The number of aromatic nitrogens is 2. The van der Waals surface area contributed by atoms with Crippen molar-refractivity contribution in [2.24, 2.45) is 0 Å². The molecular formula is C9H8N2O4S. The first-order valence-electron chi connectivity index (χ1n) is 4.34. The fourth-order valence-corrected chi connectivity index (χ4v) is 1.93. The molecule has 0 radical (unpaired) electrons. The number of hydrogen-bond donors (Lipinski definition) is 1. The molecule has 1 N–H and O–H groups in total. The molecule has 84 valence electrons. The van der Waals surface area contributed by atoms with Crippen LogP contribution in [0.2, 0.25) is 0 Å². The lowest BCUT2D eigenvalue weighted by molar-refractivity contribution is 0.0697. The molecule has 0 aliphatic rings. The van der Waals surface area contributed by atoms with E-state index in [4.69, 9.17) is 14.4 Å². The van der Waals surface area contributed by atoms with Crippen molar-refractivity contribution in [3.8, 4) is 11.5 Å². The number of aromatic carboxylic acids is 1. The SMILES string of the molecule is COCc1nc(-c2oncc2C(=O)O)cs1. The average Bonchev–Trinajstić information content (AvgIpc) is 2.83. The van der Waals surface area contributed by atoms with Crippen molar-refractivity contribution in [2.45, 2.75) is 6.61 Å². The lowest BCUT2D eigenvalue weighted by Gasteiger charge is -1.92. The predicted molar refractivity (Wildman–Crippen MR) is 55.3 cm³/mol. The van der Waals surface area contributed by atoms with E-state index in [1.807, 2.05) is 0 Å². The number of rotatable bonds is 4. The number of nitrogens with zero attached hydrogens (tertiary/aromatic N) is 2. The maximum atomic E-state index is 10.8. The summed E-state index contributed by atoms with van der Waals surface area (Å²) >= 11 is 1.38. The zero-order valence-electron chi connectivity index (χ0n) is 8.34. The summed E-state index contributed by atoms with van der Waals surface area (Å²) in [5.74, 6) is -0.913. The van der Waals surface area contributed by atoms with Crippen molar-refractivity contribution in [3.63, 3.8) is 0 Å².